The molecule has 14 heavy (non-hydrogen) atoms. The van der Waals surface area contributed by atoms with Crippen molar-refractivity contribution < 1.29 is 14.3 Å². The molecule has 1 atom stereocenters. The van der Waals surface area contributed by atoms with Crippen molar-refractivity contribution in [3.63, 3.8) is 0 Å². The molecule has 1 heterocycles. The Labute approximate surface area is 83.7 Å². The molecule has 0 radical (unpaired) electrons. The quantitative estimate of drug-likeness (QED) is 0.808. The van der Waals surface area contributed by atoms with Crippen LogP contribution >= 0.6 is 0 Å². The lowest BCUT2D eigenvalue weighted by atomic mass is 9.89. The normalized spacial score (nSPS) is 13.2. The fourth-order valence-corrected chi connectivity index (χ4v) is 1.74. The molecular weight excluding hydrogens is 180 g/mol. The monoisotopic (exact) mass is 196 g/mol. The summed E-state index contributed by atoms with van der Waals surface area (Å²) in [4.78, 5) is 11.1. The number of aliphatic carboxylic acids is 1. The first-order valence-electron chi connectivity index (χ1n) is 4.73. The van der Waals surface area contributed by atoms with E-state index >= 15 is 0 Å². The van der Waals surface area contributed by atoms with E-state index in [-0.39, 0.29) is 5.92 Å². The second kappa shape index (κ2) is 3.86. The lowest BCUT2D eigenvalue weighted by molar-refractivity contribution is -0.139. The van der Waals surface area contributed by atoms with E-state index < -0.39 is 11.9 Å². The summed E-state index contributed by atoms with van der Waals surface area (Å²) in [6.07, 6.45) is 0. The highest BCUT2D eigenvalue weighted by Crippen LogP contribution is 2.29. The van der Waals surface area contributed by atoms with E-state index in [4.69, 9.17) is 9.52 Å². The van der Waals surface area contributed by atoms with Gasteiger partial charge >= 0.3 is 5.97 Å². The molecular formula is C11H16O3. The number of carbonyl (C=O) groups is 1. The molecule has 3 heteroatoms. The van der Waals surface area contributed by atoms with Gasteiger partial charge in [-0.15, -0.1) is 0 Å². The van der Waals surface area contributed by atoms with Crippen LogP contribution in [-0.2, 0) is 4.79 Å². The predicted octanol–water partition coefficient (Wildman–Crippen LogP) is 2.72. The van der Waals surface area contributed by atoms with Crippen molar-refractivity contribution >= 4 is 5.97 Å². The molecule has 0 spiro atoms. The highest BCUT2D eigenvalue weighted by atomic mass is 16.4. The van der Waals surface area contributed by atoms with E-state index in [1.165, 1.54) is 0 Å². The zero-order chi connectivity index (χ0) is 10.9. The van der Waals surface area contributed by atoms with Crippen molar-refractivity contribution in [1.82, 2.24) is 0 Å². The van der Waals surface area contributed by atoms with Gasteiger partial charge in [0.25, 0.3) is 0 Å². The Balaban J connectivity index is 3.11. The Morgan fingerprint density at radius 1 is 1.43 bits per heavy atom. The number of carboxylic acid groups (broad SMARTS) is 1. The Morgan fingerprint density at radius 3 is 2.29 bits per heavy atom. The van der Waals surface area contributed by atoms with Crippen LogP contribution in [0.25, 0.3) is 0 Å². The fourth-order valence-electron chi connectivity index (χ4n) is 1.74. The van der Waals surface area contributed by atoms with E-state index in [2.05, 4.69) is 0 Å². The predicted molar refractivity (Wildman–Crippen MR) is 53.4 cm³/mol. The standard InChI is InChI=1S/C11H16O3/c1-6(2)10(11(12)13)9-5-7(3)14-8(9)4/h5-6,10H,1-4H3,(H,12,13). The summed E-state index contributed by atoms with van der Waals surface area (Å²) in [7, 11) is 0. The van der Waals surface area contributed by atoms with Gasteiger partial charge in [0.05, 0.1) is 5.92 Å². The summed E-state index contributed by atoms with van der Waals surface area (Å²) in [5, 5.41) is 9.09. The topological polar surface area (TPSA) is 50.4 Å². The van der Waals surface area contributed by atoms with Gasteiger partial charge in [-0.25, -0.2) is 0 Å². The summed E-state index contributed by atoms with van der Waals surface area (Å²) >= 11 is 0. The Bertz CT molecular complexity index is 336. The fraction of sp³-hybridized carbons (Fsp3) is 0.545. The number of aryl methyl sites for hydroxylation is 2. The van der Waals surface area contributed by atoms with Crippen molar-refractivity contribution in [3.8, 4) is 0 Å². The highest BCUT2D eigenvalue weighted by molar-refractivity contribution is 5.76. The maximum absolute atomic E-state index is 11.1. The summed E-state index contributed by atoms with van der Waals surface area (Å²) in [5.41, 5.74) is 0.796. The average Bonchev–Trinajstić information content (AvgIpc) is 2.29. The second-order valence-electron chi connectivity index (χ2n) is 3.93. The zero-order valence-electron chi connectivity index (χ0n) is 9.00. The third kappa shape index (κ3) is 1.97. The van der Waals surface area contributed by atoms with Crippen LogP contribution in [0.2, 0.25) is 0 Å². The van der Waals surface area contributed by atoms with Crippen molar-refractivity contribution in [2.24, 2.45) is 5.92 Å². The molecule has 0 aliphatic carbocycles. The van der Waals surface area contributed by atoms with Crippen LogP contribution < -0.4 is 0 Å². The zero-order valence-corrected chi connectivity index (χ0v) is 9.00. The molecule has 1 rings (SSSR count). The van der Waals surface area contributed by atoms with Crippen molar-refractivity contribution in [2.45, 2.75) is 33.6 Å². The van der Waals surface area contributed by atoms with Crippen LogP contribution in [0.3, 0.4) is 0 Å². The minimum Gasteiger partial charge on any atom is -0.481 e. The largest absolute Gasteiger partial charge is 0.481 e. The Hall–Kier alpha value is -1.25. The van der Waals surface area contributed by atoms with Gasteiger partial charge in [-0.3, -0.25) is 4.79 Å². The third-order valence-electron chi connectivity index (χ3n) is 2.35. The highest BCUT2D eigenvalue weighted by Gasteiger charge is 2.27. The van der Waals surface area contributed by atoms with E-state index in [0.717, 1.165) is 11.3 Å². The molecule has 1 aromatic rings. The SMILES string of the molecule is Cc1cc(C(C(=O)O)C(C)C)c(C)o1. The van der Waals surface area contributed by atoms with Gasteiger partial charge in [-0.2, -0.15) is 0 Å². The van der Waals surface area contributed by atoms with Crippen molar-refractivity contribution in [1.29, 1.82) is 0 Å². The van der Waals surface area contributed by atoms with Crippen LogP contribution in [0.1, 0.15) is 36.8 Å². The average molecular weight is 196 g/mol. The minimum absolute atomic E-state index is 0.0724. The number of hydrogen-bond donors (Lipinski definition) is 1. The van der Waals surface area contributed by atoms with Gasteiger partial charge < -0.3 is 9.52 Å². The summed E-state index contributed by atoms with van der Waals surface area (Å²) in [5.74, 6) is 0.299. The van der Waals surface area contributed by atoms with Crippen LogP contribution in [0.5, 0.6) is 0 Å². The molecule has 78 valence electrons. The maximum atomic E-state index is 11.1. The molecule has 0 saturated heterocycles. The van der Waals surface area contributed by atoms with Gasteiger partial charge in [-0.05, 0) is 25.8 Å². The molecule has 3 nitrogen and oxygen atoms in total. The number of hydrogen-bond acceptors (Lipinski definition) is 2. The van der Waals surface area contributed by atoms with Crippen LogP contribution in [0.15, 0.2) is 10.5 Å². The van der Waals surface area contributed by atoms with E-state index in [9.17, 15) is 4.79 Å². The Kier molecular flexibility index (Phi) is 2.99. The summed E-state index contributed by atoms with van der Waals surface area (Å²) in [6, 6.07) is 1.81. The summed E-state index contributed by atoms with van der Waals surface area (Å²) < 4.78 is 5.33. The van der Waals surface area contributed by atoms with Gasteiger partial charge in [0.1, 0.15) is 11.5 Å². The first-order chi connectivity index (χ1) is 6.43. The molecule has 1 unspecified atom stereocenters. The van der Waals surface area contributed by atoms with Gasteiger partial charge in [0.2, 0.25) is 0 Å². The Morgan fingerprint density at radius 2 is 2.00 bits per heavy atom. The van der Waals surface area contributed by atoms with E-state index in [1.807, 2.05) is 26.8 Å². The van der Waals surface area contributed by atoms with Crippen LogP contribution in [0.4, 0.5) is 0 Å². The molecule has 0 saturated carbocycles. The molecule has 0 aliphatic rings. The van der Waals surface area contributed by atoms with E-state index in [1.54, 1.807) is 6.92 Å². The second-order valence-corrected chi connectivity index (χ2v) is 3.93. The first-order valence-corrected chi connectivity index (χ1v) is 4.73. The van der Waals surface area contributed by atoms with Crippen molar-refractivity contribution in [2.75, 3.05) is 0 Å². The molecule has 1 N–H and O–H groups in total. The third-order valence-corrected chi connectivity index (χ3v) is 2.35. The van der Waals surface area contributed by atoms with Gasteiger partial charge in [0, 0.05) is 5.56 Å². The molecule has 1 aromatic heterocycles. The number of rotatable bonds is 3. The molecule has 0 aromatic carbocycles. The summed E-state index contributed by atoms with van der Waals surface area (Å²) in [6.45, 7) is 7.44. The molecule has 0 fully saturated rings. The van der Waals surface area contributed by atoms with Gasteiger partial charge in [-0.1, -0.05) is 13.8 Å². The van der Waals surface area contributed by atoms with E-state index in [0.29, 0.717) is 5.76 Å². The lowest BCUT2D eigenvalue weighted by Crippen LogP contribution is -2.17. The smallest absolute Gasteiger partial charge is 0.311 e. The van der Waals surface area contributed by atoms with Gasteiger partial charge in [0.15, 0.2) is 0 Å². The first kappa shape index (κ1) is 10.8. The lowest BCUT2D eigenvalue weighted by Gasteiger charge is -2.14. The molecule has 0 aliphatic heterocycles. The van der Waals surface area contributed by atoms with Crippen LogP contribution in [0, 0.1) is 19.8 Å². The maximum Gasteiger partial charge on any atom is 0.311 e. The van der Waals surface area contributed by atoms with Crippen molar-refractivity contribution in [3.05, 3.63) is 23.2 Å². The minimum atomic E-state index is -0.788. The molecule has 0 amide bonds. The van der Waals surface area contributed by atoms with Crippen LogP contribution in [-0.4, -0.2) is 11.1 Å². The number of carboxylic acids is 1. The number of furan rings is 1. The molecule has 0 bridgehead atoms.